The highest BCUT2D eigenvalue weighted by Crippen LogP contribution is 2.26. The number of carbonyl (C=O) groups excluding carboxylic acids is 1. The molecular formula is C17H22N2O3. The summed E-state index contributed by atoms with van der Waals surface area (Å²) in [5, 5.41) is 22.9. The molecule has 5 heteroatoms. The molecule has 0 fully saturated rings. The fourth-order valence-corrected chi connectivity index (χ4v) is 2.65. The quantitative estimate of drug-likeness (QED) is 0.792. The largest absolute Gasteiger partial charge is 0.505 e. The summed E-state index contributed by atoms with van der Waals surface area (Å²) in [7, 11) is 0. The summed E-state index contributed by atoms with van der Waals surface area (Å²) in [5.74, 6) is -0.473. The van der Waals surface area contributed by atoms with Crippen molar-refractivity contribution in [1.29, 1.82) is 0 Å². The standard InChI is InChI=1S/C17H22N2O3/c1-11(20)8-17(2,3)10-19-16(22)15-12-6-4-5-7-13(12)18-9-14(15)21/h4-7,9,11,20-21H,8,10H2,1-3H3,(H,19,22). The number of para-hydroxylation sites is 1. The van der Waals surface area contributed by atoms with Gasteiger partial charge < -0.3 is 15.5 Å². The van der Waals surface area contributed by atoms with Crippen LogP contribution in [0.1, 0.15) is 37.6 Å². The summed E-state index contributed by atoms with van der Waals surface area (Å²) in [5.41, 5.74) is 0.662. The summed E-state index contributed by atoms with van der Waals surface area (Å²) in [6.07, 6.45) is 1.44. The fourth-order valence-electron chi connectivity index (χ4n) is 2.65. The van der Waals surface area contributed by atoms with Crippen molar-refractivity contribution in [3.05, 3.63) is 36.0 Å². The van der Waals surface area contributed by atoms with Gasteiger partial charge in [-0.15, -0.1) is 0 Å². The number of nitrogens with zero attached hydrogens (tertiary/aromatic N) is 1. The van der Waals surface area contributed by atoms with E-state index in [9.17, 15) is 15.0 Å². The molecule has 0 bridgehead atoms. The lowest BCUT2D eigenvalue weighted by Crippen LogP contribution is -2.35. The zero-order valence-corrected chi connectivity index (χ0v) is 13.1. The van der Waals surface area contributed by atoms with Gasteiger partial charge in [0.05, 0.1) is 23.4 Å². The maximum atomic E-state index is 12.5. The number of amides is 1. The lowest BCUT2D eigenvalue weighted by Gasteiger charge is -2.26. The van der Waals surface area contributed by atoms with Crippen molar-refractivity contribution in [2.75, 3.05) is 6.54 Å². The van der Waals surface area contributed by atoms with Gasteiger partial charge in [0.25, 0.3) is 5.91 Å². The first-order valence-electron chi connectivity index (χ1n) is 7.33. The molecule has 22 heavy (non-hydrogen) atoms. The third-order valence-corrected chi connectivity index (χ3v) is 3.56. The average molecular weight is 302 g/mol. The second-order valence-electron chi connectivity index (χ2n) is 6.44. The molecule has 2 aromatic rings. The highest BCUT2D eigenvalue weighted by atomic mass is 16.3. The lowest BCUT2D eigenvalue weighted by molar-refractivity contribution is 0.0901. The predicted molar refractivity (Wildman–Crippen MR) is 85.8 cm³/mol. The molecule has 0 aliphatic heterocycles. The Kier molecular flexibility index (Phi) is 4.66. The molecule has 0 aliphatic carbocycles. The molecule has 3 N–H and O–H groups in total. The van der Waals surface area contributed by atoms with Gasteiger partial charge in [-0.1, -0.05) is 32.0 Å². The first-order chi connectivity index (χ1) is 10.3. The van der Waals surface area contributed by atoms with E-state index in [4.69, 9.17) is 0 Å². The zero-order chi connectivity index (χ0) is 16.3. The van der Waals surface area contributed by atoms with Crippen molar-refractivity contribution in [1.82, 2.24) is 10.3 Å². The van der Waals surface area contributed by atoms with E-state index in [0.717, 1.165) is 0 Å². The van der Waals surface area contributed by atoms with Crippen molar-refractivity contribution < 1.29 is 15.0 Å². The van der Waals surface area contributed by atoms with E-state index in [1.165, 1.54) is 6.20 Å². The second kappa shape index (κ2) is 6.32. The van der Waals surface area contributed by atoms with Crippen LogP contribution in [0.4, 0.5) is 0 Å². The molecular weight excluding hydrogens is 280 g/mol. The molecule has 1 unspecified atom stereocenters. The average Bonchev–Trinajstić information content (AvgIpc) is 2.43. The van der Waals surface area contributed by atoms with E-state index in [-0.39, 0.29) is 22.6 Å². The monoisotopic (exact) mass is 302 g/mol. The van der Waals surface area contributed by atoms with E-state index in [1.807, 2.05) is 19.9 Å². The summed E-state index contributed by atoms with van der Waals surface area (Å²) in [4.78, 5) is 16.6. The topological polar surface area (TPSA) is 82.5 Å². The highest BCUT2D eigenvalue weighted by Gasteiger charge is 2.23. The second-order valence-corrected chi connectivity index (χ2v) is 6.44. The van der Waals surface area contributed by atoms with Crippen LogP contribution < -0.4 is 5.32 Å². The number of rotatable bonds is 5. The fraction of sp³-hybridized carbons (Fsp3) is 0.412. The zero-order valence-electron chi connectivity index (χ0n) is 13.1. The van der Waals surface area contributed by atoms with Crippen LogP contribution in [0.3, 0.4) is 0 Å². The maximum absolute atomic E-state index is 12.5. The molecule has 2 rings (SSSR count). The van der Waals surface area contributed by atoms with Crippen LogP contribution in [0.2, 0.25) is 0 Å². The summed E-state index contributed by atoms with van der Waals surface area (Å²) in [6.45, 7) is 6.09. The van der Waals surface area contributed by atoms with Gasteiger partial charge in [0, 0.05) is 11.9 Å². The Morgan fingerprint density at radius 2 is 2.05 bits per heavy atom. The van der Waals surface area contributed by atoms with Crippen molar-refractivity contribution in [2.45, 2.75) is 33.3 Å². The van der Waals surface area contributed by atoms with Crippen LogP contribution in [-0.2, 0) is 0 Å². The van der Waals surface area contributed by atoms with E-state index in [1.54, 1.807) is 25.1 Å². The van der Waals surface area contributed by atoms with Crippen molar-refractivity contribution >= 4 is 16.8 Å². The number of nitrogens with one attached hydrogen (secondary N) is 1. The number of hydrogen-bond donors (Lipinski definition) is 3. The van der Waals surface area contributed by atoms with Crippen LogP contribution in [0, 0.1) is 5.41 Å². The molecule has 0 radical (unpaired) electrons. The third-order valence-electron chi connectivity index (χ3n) is 3.56. The Hall–Kier alpha value is -2.14. The minimum Gasteiger partial charge on any atom is -0.505 e. The van der Waals surface area contributed by atoms with Crippen molar-refractivity contribution in [3.8, 4) is 5.75 Å². The molecule has 1 aromatic carbocycles. The van der Waals surface area contributed by atoms with Crippen LogP contribution in [-0.4, -0.2) is 33.8 Å². The first kappa shape index (κ1) is 16.2. The third kappa shape index (κ3) is 3.74. The Bertz CT molecular complexity index is 681. The number of pyridine rings is 1. The van der Waals surface area contributed by atoms with Gasteiger partial charge in [-0.25, -0.2) is 0 Å². The minimum atomic E-state index is -0.429. The number of aromatic hydroxyl groups is 1. The van der Waals surface area contributed by atoms with Gasteiger partial charge >= 0.3 is 0 Å². The normalized spacial score (nSPS) is 13.1. The Morgan fingerprint density at radius 1 is 1.36 bits per heavy atom. The van der Waals surface area contributed by atoms with Gasteiger partial charge in [-0.2, -0.15) is 0 Å². The lowest BCUT2D eigenvalue weighted by atomic mass is 9.87. The van der Waals surface area contributed by atoms with Gasteiger partial charge in [0.15, 0.2) is 0 Å². The predicted octanol–water partition coefficient (Wildman–Crippen LogP) is 2.47. The van der Waals surface area contributed by atoms with Crippen LogP contribution >= 0.6 is 0 Å². The summed E-state index contributed by atoms with van der Waals surface area (Å²) < 4.78 is 0. The van der Waals surface area contributed by atoms with E-state index >= 15 is 0 Å². The summed E-state index contributed by atoms with van der Waals surface area (Å²) in [6, 6.07) is 7.19. The Morgan fingerprint density at radius 3 is 2.73 bits per heavy atom. The van der Waals surface area contributed by atoms with Gasteiger partial charge in [-0.3, -0.25) is 9.78 Å². The first-order valence-corrected chi connectivity index (χ1v) is 7.33. The molecule has 1 heterocycles. The number of benzene rings is 1. The smallest absolute Gasteiger partial charge is 0.255 e. The van der Waals surface area contributed by atoms with E-state index in [2.05, 4.69) is 10.3 Å². The molecule has 1 aromatic heterocycles. The van der Waals surface area contributed by atoms with Crippen LogP contribution in [0.25, 0.3) is 10.9 Å². The molecule has 0 saturated carbocycles. The Balaban J connectivity index is 2.22. The number of hydrogen-bond acceptors (Lipinski definition) is 4. The number of aliphatic hydroxyl groups is 1. The van der Waals surface area contributed by atoms with Gasteiger partial charge in [-0.05, 0) is 24.8 Å². The van der Waals surface area contributed by atoms with Gasteiger partial charge in [0.2, 0.25) is 0 Å². The molecule has 0 saturated heterocycles. The SMILES string of the molecule is CC(O)CC(C)(C)CNC(=O)c1c(O)cnc2ccccc12. The van der Waals surface area contributed by atoms with Crippen LogP contribution in [0.5, 0.6) is 5.75 Å². The van der Waals surface area contributed by atoms with Crippen molar-refractivity contribution in [3.63, 3.8) is 0 Å². The maximum Gasteiger partial charge on any atom is 0.255 e. The number of fused-ring (bicyclic) bond motifs is 1. The molecule has 0 aliphatic rings. The molecule has 1 atom stereocenters. The van der Waals surface area contributed by atoms with E-state index in [0.29, 0.717) is 23.9 Å². The number of aliphatic hydroxyl groups excluding tert-OH is 1. The molecule has 1 amide bonds. The highest BCUT2D eigenvalue weighted by molar-refractivity contribution is 6.08. The minimum absolute atomic E-state index is 0.135. The molecule has 0 spiro atoms. The molecule has 5 nitrogen and oxygen atoms in total. The number of carbonyl (C=O) groups is 1. The Labute approximate surface area is 130 Å². The van der Waals surface area contributed by atoms with Crippen molar-refractivity contribution in [2.24, 2.45) is 5.41 Å². The van der Waals surface area contributed by atoms with Crippen LogP contribution in [0.15, 0.2) is 30.5 Å². The van der Waals surface area contributed by atoms with E-state index < -0.39 is 6.10 Å². The molecule has 118 valence electrons. The number of aromatic nitrogens is 1. The summed E-state index contributed by atoms with van der Waals surface area (Å²) >= 11 is 0. The van der Waals surface area contributed by atoms with Gasteiger partial charge in [0.1, 0.15) is 5.75 Å².